The molecular formula is C23H34N4O3. The van der Waals surface area contributed by atoms with Crippen LogP contribution in [0.15, 0.2) is 60.7 Å². The smallest absolute Gasteiger partial charge is 0.407 e. The Kier molecular flexibility index (Phi) is 9.97. The summed E-state index contributed by atoms with van der Waals surface area (Å²) in [4.78, 5) is 15.3. The molecule has 0 unspecified atom stereocenters. The fourth-order valence-electron chi connectivity index (χ4n) is 3.24. The number of rotatable bonds is 9. The molecule has 1 aliphatic heterocycles. The summed E-state index contributed by atoms with van der Waals surface area (Å²) in [5.41, 5.74) is 8.02. The molecule has 2 atom stereocenters. The number of likely N-dealkylation sites (N-methyl/N-ethyl adjacent to an activating group) is 2. The van der Waals surface area contributed by atoms with Crippen LogP contribution in [0.1, 0.15) is 13.8 Å². The number of amides is 1. The zero-order valence-electron chi connectivity index (χ0n) is 17.9. The van der Waals surface area contributed by atoms with Gasteiger partial charge in [-0.15, -0.1) is 0 Å². The van der Waals surface area contributed by atoms with Crippen molar-refractivity contribution in [3.05, 3.63) is 60.7 Å². The molecule has 1 heterocycles. The van der Waals surface area contributed by atoms with Crippen molar-refractivity contribution in [2.45, 2.75) is 25.9 Å². The number of nitrogens with two attached hydrogens (primary N) is 1. The minimum absolute atomic E-state index is 0.0311. The molecule has 4 N–H and O–H groups in total. The number of para-hydroxylation sites is 2. The van der Waals surface area contributed by atoms with E-state index in [2.05, 4.69) is 41.1 Å². The first-order valence-electron chi connectivity index (χ1n) is 10.5. The van der Waals surface area contributed by atoms with Crippen molar-refractivity contribution < 1.29 is 14.6 Å². The molecule has 0 aromatic heterocycles. The van der Waals surface area contributed by atoms with Crippen LogP contribution in [0.2, 0.25) is 0 Å². The van der Waals surface area contributed by atoms with E-state index in [0.29, 0.717) is 13.2 Å². The molecular weight excluding hydrogens is 380 g/mol. The van der Waals surface area contributed by atoms with Gasteiger partial charge in [-0.3, -0.25) is 0 Å². The van der Waals surface area contributed by atoms with Gasteiger partial charge < -0.3 is 30.7 Å². The van der Waals surface area contributed by atoms with Gasteiger partial charge in [0.15, 0.2) is 0 Å². The molecule has 0 saturated carbocycles. The largest absolute Gasteiger partial charge is 0.447 e. The number of benzene rings is 2. The highest BCUT2D eigenvalue weighted by Crippen LogP contribution is 2.14. The molecule has 0 radical (unpaired) electrons. The molecule has 3 rings (SSSR count). The van der Waals surface area contributed by atoms with Crippen molar-refractivity contribution >= 4 is 17.5 Å². The van der Waals surface area contributed by atoms with E-state index in [9.17, 15) is 4.79 Å². The number of hydrogen-bond acceptors (Lipinski definition) is 6. The first-order chi connectivity index (χ1) is 14.6. The number of carbonyl (C=O) groups excluding carboxylic acids is 1. The van der Waals surface area contributed by atoms with Crippen LogP contribution in [-0.4, -0.2) is 62.7 Å². The predicted molar refractivity (Wildman–Crippen MR) is 122 cm³/mol. The molecule has 7 heteroatoms. The maximum absolute atomic E-state index is 10.9. The molecule has 0 spiro atoms. The van der Waals surface area contributed by atoms with E-state index in [4.69, 9.17) is 15.6 Å². The summed E-state index contributed by atoms with van der Waals surface area (Å²) < 4.78 is 4.87. The van der Waals surface area contributed by atoms with E-state index in [1.54, 1.807) is 0 Å². The molecule has 2 aromatic rings. The molecule has 0 aliphatic carbocycles. The van der Waals surface area contributed by atoms with E-state index >= 15 is 0 Å². The number of nitrogens with one attached hydrogen (secondary N) is 1. The second kappa shape index (κ2) is 12.7. The average molecular weight is 415 g/mol. The lowest BCUT2D eigenvalue weighted by Crippen LogP contribution is -2.39. The highest BCUT2D eigenvalue weighted by molar-refractivity contribution is 5.69. The van der Waals surface area contributed by atoms with Gasteiger partial charge in [-0.05, 0) is 38.1 Å². The van der Waals surface area contributed by atoms with Gasteiger partial charge in [-0.1, -0.05) is 36.4 Å². The van der Waals surface area contributed by atoms with Crippen LogP contribution < -0.4 is 20.9 Å². The number of alkyl carbamates (subject to hydrolysis) is 1. The fourth-order valence-corrected chi connectivity index (χ4v) is 3.24. The summed E-state index contributed by atoms with van der Waals surface area (Å²) in [5.74, 6) is 0. The van der Waals surface area contributed by atoms with Crippen LogP contribution in [0, 0.1) is 0 Å². The van der Waals surface area contributed by atoms with Gasteiger partial charge in [0.2, 0.25) is 0 Å². The normalized spacial score (nSPS) is 16.0. The van der Waals surface area contributed by atoms with Gasteiger partial charge in [-0.25, -0.2) is 4.79 Å². The number of aliphatic hydroxyl groups is 1. The van der Waals surface area contributed by atoms with Crippen LogP contribution in [0.5, 0.6) is 0 Å². The third kappa shape index (κ3) is 7.57. The maximum atomic E-state index is 10.9. The summed E-state index contributed by atoms with van der Waals surface area (Å²) in [6.07, 6.45) is -0.311. The molecule has 1 aliphatic rings. The van der Waals surface area contributed by atoms with Crippen LogP contribution in [0.3, 0.4) is 0 Å². The Hall–Kier alpha value is -2.77. The molecule has 7 nitrogen and oxygen atoms in total. The van der Waals surface area contributed by atoms with Crippen molar-refractivity contribution in [1.82, 2.24) is 5.32 Å². The predicted octanol–water partition coefficient (Wildman–Crippen LogP) is 2.45. The van der Waals surface area contributed by atoms with Crippen molar-refractivity contribution in [1.29, 1.82) is 0 Å². The van der Waals surface area contributed by atoms with Gasteiger partial charge in [-0.2, -0.15) is 0 Å². The van der Waals surface area contributed by atoms with Gasteiger partial charge in [0, 0.05) is 43.6 Å². The Bertz CT molecular complexity index is 730. The Morgan fingerprint density at radius 3 is 2.00 bits per heavy atom. The number of anilines is 2. The second-order valence-corrected chi connectivity index (χ2v) is 7.13. The van der Waals surface area contributed by atoms with Crippen molar-refractivity contribution in [3.8, 4) is 0 Å². The number of hydrogen-bond donors (Lipinski definition) is 3. The van der Waals surface area contributed by atoms with Gasteiger partial charge in [0.1, 0.15) is 6.61 Å². The van der Waals surface area contributed by atoms with Gasteiger partial charge >= 0.3 is 6.09 Å². The first-order valence-corrected chi connectivity index (χ1v) is 10.5. The Morgan fingerprint density at radius 1 is 1.03 bits per heavy atom. The van der Waals surface area contributed by atoms with E-state index < -0.39 is 0 Å². The molecule has 0 bridgehead atoms. The summed E-state index contributed by atoms with van der Waals surface area (Å²) in [6, 6.07) is 20.2. The maximum Gasteiger partial charge on any atom is 0.407 e. The lowest BCUT2D eigenvalue weighted by Gasteiger charge is -2.25. The summed E-state index contributed by atoms with van der Waals surface area (Å²) in [5, 5.41) is 11.7. The van der Waals surface area contributed by atoms with Crippen molar-refractivity contribution in [2.24, 2.45) is 5.73 Å². The number of nitrogens with zero attached hydrogens (tertiary/aromatic N) is 2. The topological polar surface area (TPSA) is 91.1 Å². The van der Waals surface area contributed by atoms with E-state index in [-0.39, 0.29) is 24.8 Å². The monoisotopic (exact) mass is 414 g/mol. The Balaban J connectivity index is 0.000000216. The highest BCUT2D eigenvalue weighted by Gasteiger charge is 2.23. The van der Waals surface area contributed by atoms with Crippen LogP contribution in [-0.2, 0) is 4.74 Å². The number of aliphatic hydroxyl groups excluding tert-OH is 1. The Morgan fingerprint density at radius 2 is 1.57 bits per heavy atom. The van der Waals surface area contributed by atoms with E-state index in [0.717, 1.165) is 25.3 Å². The van der Waals surface area contributed by atoms with Crippen LogP contribution >= 0.6 is 0 Å². The number of cyclic esters (lactones) is 1. The fraction of sp³-hybridized carbons (Fsp3) is 0.435. The van der Waals surface area contributed by atoms with Crippen LogP contribution in [0.25, 0.3) is 0 Å². The third-order valence-corrected chi connectivity index (χ3v) is 4.87. The summed E-state index contributed by atoms with van der Waals surface area (Å²) >= 11 is 0. The molecule has 164 valence electrons. The van der Waals surface area contributed by atoms with Gasteiger partial charge in [0.25, 0.3) is 0 Å². The SMILES string of the molecule is CCN(C[C@H](N)CO)c1ccccc1.CCN(C[C@H]1COC(=O)N1)c1ccccc1. The summed E-state index contributed by atoms with van der Waals surface area (Å²) in [6.45, 7) is 7.96. The van der Waals surface area contributed by atoms with Crippen LogP contribution in [0.4, 0.5) is 16.2 Å². The molecule has 1 saturated heterocycles. The van der Waals surface area contributed by atoms with E-state index in [1.807, 2.05) is 48.5 Å². The lowest BCUT2D eigenvalue weighted by molar-refractivity contribution is 0.177. The number of carbonyl (C=O) groups is 1. The zero-order chi connectivity index (χ0) is 21.8. The standard InChI is InChI=1S/C12H16N2O2.C11H18N2O/c1-2-14(11-6-4-3-5-7-11)8-10-9-16-12(15)13-10;1-2-13(8-10(12)9-14)11-6-4-3-5-7-11/h3-7,10H,2,8-9H2,1H3,(H,13,15);3-7,10,14H,2,8-9,12H2,1H3/t2*10-/m00/s1. The average Bonchev–Trinajstić information content (AvgIpc) is 3.21. The molecule has 1 amide bonds. The zero-order valence-corrected chi connectivity index (χ0v) is 17.9. The van der Waals surface area contributed by atoms with Crippen molar-refractivity contribution in [3.63, 3.8) is 0 Å². The summed E-state index contributed by atoms with van der Waals surface area (Å²) in [7, 11) is 0. The molecule has 2 aromatic carbocycles. The second-order valence-electron chi connectivity index (χ2n) is 7.13. The molecule has 30 heavy (non-hydrogen) atoms. The highest BCUT2D eigenvalue weighted by atomic mass is 16.6. The molecule has 1 fully saturated rings. The third-order valence-electron chi connectivity index (χ3n) is 4.87. The number of ether oxygens (including phenoxy) is 1. The minimum atomic E-state index is -0.311. The minimum Gasteiger partial charge on any atom is -0.447 e. The Labute approximate surface area is 179 Å². The van der Waals surface area contributed by atoms with E-state index in [1.165, 1.54) is 5.69 Å². The first kappa shape index (κ1) is 23.5. The van der Waals surface area contributed by atoms with Gasteiger partial charge in [0.05, 0.1) is 12.6 Å². The lowest BCUT2D eigenvalue weighted by atomic mass is 10.2. The quantitative estimate of drug-likeness (QED) is 0.584. The van der Waals surface area contributed by atoms with Crippen molar-refractivity contribution in [2.75, 3.05) is 49.2 Å².